The second-order valence-corrected chi connectivity index (χ2v) is 6.41. The van der Waals surface area contributed by atoms with Crippen molar-refractivity contribution in [1.29, 1.82) is 0 Å². The molecule has 0 saturated carbocycles. The number of aliphatic imine (C=N–C) groups is 2. The first-order valence-electron chi connectivity index (χ1n) is 8.00. The Morgan fingerprint density at radius 3 is 2.45 bits per heavy atom. The van der Waals surface area contributed by atoms with Crippen molar-refractivity contribution in [2.24, 2.45) is 15.9 Å². The number of nitrogens with zero attached hydrogens (tertiary/aromatic N) is 5. The Morgan fingerprint density at radius 2 is 1.55 bits per heavy atom. The molecule has 0 aromatic heterocycles. The molecule has 1 unspecified atom stereocenters. The average molecular weight is 271 g/mol. The van der Waals surface area contributed by atoms with Crippen LogP contribution in [-0.4, -0.2) is 78.6 Å². The van der Waals surface area contributed by atoms with Gasteiger partial charge >= 0.3 is 0 Å². The number of amidine groups is 1. The van der Waals surface area contributed by atoms with Crippen LogP contribution in [0.1, 0.15) is 12.8 Å². The van der Waals surface area contributed by atoms with E-state index >= 15 is 0 Å². The molecule has 1 saturated heterocycles. The van der Waals surface area contributed by atoms with Crippen LogP contribution in [0.2, 0.25) is 0 Å². The monoisotopic (exact) mass is 271 g/mol. The summed E-state index contributed by atoms with van der Waals surface area (Å²) in [7, 11) is 0. The Kier molecular flexibility index (Phi) is 2.23. The van der Waals surface area contributed by atoms with Gasteiger partial charge in [-0.05, 0) is 12.8 Å². The first-order valence-corrected chi connectivity index (χ1v) is 8.00. The van der Waals surface area contributed by atoms with Crippen LogP contribution in [0.5, 0.6) is 0 Å². The largest absolute Gasteiger partial charge is 0.356 e. The number of rotatable bonds is 0. The SMILES string of the molecule is C1CC2CCN3CCN4CCN5CCN=C5C(=C34)C2=N1. The van der Waals surface area contributed by atoms with Crippen molar-refractivity contribution in [3.05, 3.63) is 11.4 Å². The molecule has 5 aliphatic heterocycles. The molecule has 5 aliphatic rings. The van der Waals surface area contributed by atoms with Crippen LogP contribution in [0.15, 0.2) is 21.4 Å². The van der Waals surface area contributed by atoms with E-state index in [1.165, 1.54) is 55.4 Å². The normalized spacial score (nSPS) is 31.6. The van der Waals surface area contributed by atoms with Gasteiger partial charge in [0, 0.05) is 51.7 Å². The molecule has 0 radical (unpaired) electrons. The van der Waals surface area contributed by atoms with E-state index in [1.54, 1.807) is 0 Å². The van der Waals surface area contributed by atoms with Gasteiger partial charge in [0.25, 0.3) is 0 Å². The molecule has 0 amide bonds. The first kappa shape index (κ1) is 11.2. The van der Waals surface area contributed by atoms with Crippen molar-refractivity contribution < 1.29 is 0 Å². The second kappa shape index (κ2) is 3.99. The van der Waals surface area contributed by atoms with Gasteiger partial charge in [-0.3, -0.25) is 9.98 Å². The van der Waals surface area contributed by atoms with Crippen LogP contribution >= 0.6 is 0 Å². The van der Waals surface area contributed by atoms with Crippen molar-refractivity contribution >= 4 is 11.5 Å². The van der Waals surface area contributed by atoms with E-state index in [0.717, 1.165) is 32.7 Å². The molecule has 0 aliphatic carbocycles. The standard InChI is InChI=1S/C15H21N5/c1-3-16-13-11(1)2-5-19-9-10-20-8-7-18-6-4-17-14(18)12(13)15(19)20/h11H,1-10H2. The van der Waals surface area contributed by atoms with E-state index in [0.29, 0.717) is 5.92 Å². The lowest BCUT2D eigenvalue weighted by Gasteiger charge is -2.23. The summed E-state index contributed by atoms with van der Waals surface area (Å²) in [6, 6.07) is 0. The molecular weight excluding hydrogens is 250 g/mol. The van der Waals surface area contributed by atoms with Crippen LogP contribution in [0.25, 0.3) is 0 Å². The Morgan fingerprint density at radius 1 is 0.750 bits per heavy atom. The lowest BCUT2D eigenvalue weighted by Crippen LogP contribution is -2.34. The van der Waals surface area contributed by atoms with Crippen LogP contribution in [0.4, 0.5) is 0 Å². The van der Waals surface area contributed by atoms with Crippen LogP contribution in [0, 0.1) is 5.92 Å². The molecule has 0 spiro atoms. The fraction of sp³-hybridized carbons (Fsp3) is 0.733. The van der Waals surface area contributed by atoms with E-state index in [-0.39, 0.29) is 0 Å². The summed E-state index contributed by atoms with van der Waals surface area (Å²) in [6.45, 7) is 8.91. The van der Waals surface area contributed by atoms with Crippen LogP contribution in [0.3, 0.4) is 0 Å². The summed E-state index contributed by atoms with van der Waals surface area (Å²) in [5.74, 6) is 3.38. The minimum absolute atomic E-state index is 0.674. The molecule has 0 aromatic carbocycles. The summed E-state index contributed by atoms with van der Waals surface area (Å²) in [4.78, 5) is 17.4. The highest BCUT2D eigenvalue weighted by Gasteiger charge is 2.42. The molecule has 1 fully saturated rings. The van der Waals surface area contributed by atoms with Crippen molar-refractivity contribution in [1.82, 2.24) is 14.7 Å². The maximum atomic E-state index is 4.90. The lowest BCUT2D eigenvalue weighted by molar-refractivity contribution is 0.314. The highest BCUT2D eigenvalue weighted by atomic mass is 15.4. The van der Waals surface area contributed by atoms with Crippen LogP contribution < -0.4 is 0 Å². The quantitative estimate of drug-likeness (QED) is 0.640. The van der Waals surface area contributed by atoms with E-state index < -0.39 is 0 Å². The van der Waals surface area contributed by atoms with E-state index in [1.807, 2.05) is 0 Å². The van der Waals surface area contributed by atoms with Crippen molar-refractivity contribution in [3.8, 4) is 0 Å². The molecule has 5 heterocycles. The predicted molar refractivity (Wildman–Crippen MR) is 79.1 cm³/mol. The van der Waals surface area contributed by atoms with Crippen LogP contribution in [-0.2, 0) is 0 Å². The third-order valence-corrected chi connectivity index (χ3v) is 5.41. The molecular formula is C15H21N5. The van der Waals surface area contributed by atoms with Crippen molar-refractivity contribution in [3.63, 3.8) is 0 Å². The smallest absolute Gasteiger partial charge is 0.136 e. The topological polar surface area (TPSA) is 34.4 Å². The Hall–Kier alpha value is -1.52. The Balaban J connectivity index is 1.73. The second-order valence-electron chi connectivity index (χ2n) is 6.41. The van der Waals surface area contributed by atoms with Gasteiger partial charge in [-0.1, -0.05) is 0 Å². The fourth-order valence-corrected chi connectivity index (χ4v) is 4.40. The zero-order chi connectivity index (χ0) is 13.1. The summed E-state index contributed by atoms with van der Waals surface area (Å²) in [6.07, 6.45) is 2.51. The number of fused-ring (bicyclic) bond motifs is 4. The van der Waals surface area contributed by atoms with Crippen molar-refractivity contribution in [2.75, 3.05) is 52.4 Å². The molecule has 20 heavy (non-hydrogen) atoms. The molecule has 0 N–H and O–H groups in total. The Labute approximate surface area is 119 Å². The maximum absolute atomic E-state index is 4.90. The van der Waals surface area contributed by atoms with Gasteiger partial charge in [0.1, 0.15) is 11.7 Å². The van der Waals surface area contributed by atoms with E-state index in [9.17, 15) is 0 Å². The third-order valence-electron chi connectivity index (χ3n) is 5.41. The molecule has 5 heteroatoms. The maximum Gasteiger partial charge on any atom is 0.136 e. The van der Waals surface area contributed by atoms with Gasteiger partial charge in [-0.15, -0.1) is 0 Å². The zero-order valence-electron chi connectivity index (χ0n) is 11.9. The van der Waals surface area contributed by atoms with Gasteiger partial charge in [0.15, 0.2) is 0 Å². The zero-order valence-corrected chi connectivity index (χ0v) is 11.9. The van der Waals surface area contributed by atoms with E-state index in [4.69, 9.17) is 9.98 Å². The lowest BCUT2D eigenvalue weighted by atomic mass is 9.93. The first-order chi connectivity index (χ1) is 9.92. The predicted octanol–water partition coefficient (Wildman–Crippen LogP) is 0.408. The minimum Gasteiger partial charge on any atom is -0.356 e. The summed E-state index contributed by atoms with van der Waals surface area (Å²) >= 11 is 0. The number of hydrogen-bond acceptors (Lipinski definition) is 5. The summed E-state index contributed by atoms with van der Waals surface area (Å²) in [5.41, 5.74) is 2.78. The highest BCUT2D eigenvalue weighted by Crippen LogP contribution is 2.36. The molecule has 5 nitrogen and oxygen atoms in total. The molecule has 1 atom stereocenters. The molecule has 0 aromatic rings. The van der Waals surface area contributed by atoms with E-state index in [2.05, 4.69) is 14.7 Å². The van der Waals surface area contributed by atoms with Gasteiger partial charge in [0.2, 0.25) is 0 Å². The summed E-state index contributed by atoms with van der Waals surface area (Å²) < 4.78 is 0. The molecule has 0 bridgehead atoms. The van der Waals surface area contributed by atoms with Gasteiger partial charge in [-0.25, -0.2) is 0 Å². The van der Waals surface area contributed by atoms with Gasteiger partial charge in [0.05, 0.1) is 17.8 Å². The summed E-state index contributed by atoms with van der Waals surface area (Å²) in [5, 5.41) is 0. The van der Waals surface area contributed by atoms with Gasteiger partial charge < -0.3 is 14.7 Å². The fourth-order valence-electron chi connectivity index (χ4n) is 4.40. The third kappa shape index (κ3) is 1.38. The molecule has 106 valence electrons. The number of hydrogen-bond donors (Lipinski definition) is 0. The Bertz CT molecular complexity index is 500. The molecule has 5 rings (SSSR count). The highest BCUT2D eigenvalue weighted by molar-refractivity contribution is 6.25. The van der Waals surface area contributed by atoms with Crippen molar-refractivity contribution in [2.45, 2.75) is 12.8 Å². The average Bonchev–Trinajstić information content (AvgIpc) is 3.15. The minimum atomic E-state index is 0.674. The van der Waals surface area contributed by atoms with Gasteiger partial charge in [-0.2, -0.15) is 0 Å².